The van der Waals surface area contributed by atoms with Gasteiger partial charge in [0.2, 0.25) is 5.95 Å². The molecule has 0 amide bonds. The first-order valence-electron chi connectivity index (χ1n) is 7.54. The lowest BCUT2D eigenvalue weighted by atomic mass is 10.0. The van der Waals surface area contributed by atoms with E-state index in [2.05, 4.69) is 37.9 Å². The number of anilines is 1. The zero-order chi connectivity index (χ0) is 15.4. The first-order chi connectivity index (χ1) is 10.7. The molecule has 0 spiro atoms. The van der Waals surface area contributed by atoms with Crippen molar-refractivity contribution in [2.45, 2.75) is 25.4 Å². The molecule has 0 aliphatic carbocycles. The summed E-state index contributed by atoms with van der Waals surface area (Å²) in [5.74, 6) is 0.745. The van der Waals surface area contributed by atoms with Gasteiger partial charge in [0.15, 0.2) is 0 Å². The zero-order valence-corrected chi connectivity index (χ0v) is 13.4. The summed E-state index contributed by atoms with van der Waals surface area (Å²) < 4.78 is 0. The second-order valence-electron chi connectivity index (χ2n) is 5.68. The molecule has 3 rings (SSSR count). The van der Waals surface area contributed by atoms with Crippen LogP contribution in [0.5, 0.6) is 0 Å². The van der Waals surface area contributed by atoms with E-state index in [0.717, 1.165) is 38.4 Å². The Hall–Kier alpha value is -1.72. The van der Waals surface area contributed by atoms with Gasteiger partial charge in [0.05, 0.1) is 17.4 Å². The molecule has 0 radical (unpaired) electrons. The van der Waals surface area contributed by atoms with Crippen LogP contribution in [0.2, 0.25) is 5.02 Å². The smallest absolute Gasteiger partial charge is 0.225 e. The summed E-state index contributed by atoms with van der Waals surface area (Å²) in [6.07, 6.45) is 9.29. The van der Waals surface area contributed by atoms with E-state index in [1.165, 1.54) is 5.56 Å². The minimum atomic E-state index is 0.478. The fraction of sp³-hybridized carbons (Fsp3) is 0.438. The molecule has 0 atom stereocenters. The topological polar surface area (TPSA) is 45.2 Å². The summed E-state index contributed by atoms with van der Waals surface area (Å²) in [5, 5.41) is 0.573. The maximum absolute atomic E-state index is 5.84. The third-order valence-electron chi connectivity index (χ3n) is 4.16. The SMILES string of the molecule is CN(c1ncc(Cl)cn1)C1CCN(Cc2cccnc2)CC1. The molecule has 2 aromatic rings. The highest BCUT2D eigenvalue weighted by molar-refractivity contribution is 6.30. The maximum atomic E-state index is 5.84. The Morgan fingerprint density at radius 2 is 1.95 bits per heavy atom. The Balaban J connectivity index is 1.54. The highest BCUT2D eigenvalue weighted by Gasteiger charge is 2.23. The Bertz CT molecular complexity index is 581. The van der Waals surface area contributed by atoms with Crippen molar-refractivity contribution in [2.24, 2.45) is 0 Å². The molecule has 0 N–H and O–H groups in total. The lowest BCUT2D eigenvalue weighted by Crippen LogP contribution is -2.43. The van der Waals surface area contributed by atoms with E-state index < -0.39 is 0 Å². The third kappa shape index (κ3) is 3.72. The Kier molecular flexibility index (Phi) is 4.85. The average molecular weight is 318 g/mol. The molecule has 1 aliphatic rings. The fourth-order valence-electron chi connectivity index (χ4n) is 2.87. The Morgan fingerprint density at radius 3 is 2.59 bits per heavy atom. The van der Waals surface area contributed by atoms with E-state index in [0.29, 0.717) is 11.1 Å². The number of hydrogen-bond acceptors (Lipinski definition) is 5. The van der Waals surface area contributed by atoms with E-state index in [9.17, 15) is 0 Å². The number of aromatic nitrogens is 3. The van der Waals surface area contributed by atoms with Gasteiger partial charge in [0, 0.05) is 45.1 Å². The van der Waals surface area contributed by atoms with E-state index in [1.54, 1.807) is 12.4 Å². The number of likely N-dealkylation sites (tertiary alicyclic amines) is 1. The number of nitrogens with zero attached hydrogens (tertiary/aromatic N) is 5. The summed E-state index contributed by atoms with van der Waals surface area (Å²) in [6, 6.07) is 4.60. The lowest BCUT2D eigenvalue weighted by molar-refractivity contribution is 0.202. The minimum Gasteiger partial charge on any atom is -0.341 e. The van der Waals surface area contributed by atoms with E-state index in [1.807, 2.05) is 18.5 Å². The molecular weight excluding hydrogens is 298 g/mol. The quantitative estimate of drug-likeness (QED) is 0.867. The monoisotopic (exact) mass is 317 g/mol. The molecule has 5 nitrogen and oxygen atoms in total. The fourth-order valence-corrected chi connectivity index (χ4v) is 2.96. The predicted molar refractivity (Wildman–Crippen MR) is 88.0 cm³/mol. The van der Waals surface area contributed by atoms with Crippen molar-refractivity contribution >= 4 is 17.5 Å². The van der Waals surface area contributed by atoms with Crippen molar-refractivity contribution in [1.82, 2.24) is 19.9 Å². The summed E-state index contributed by atoms with van der Waals surface area (Å²) >= 11 is 5.84. The molecule has 0 bridgehead atoms. The van der Waals surface area contributed by atoms with Crippen LogP contribution in [-0.4, -0.2) is 46.0 Å². The van der Waals surface area contributed by atoms with Crippen molar-refractivity contribution in [2.75, 3.05) is 25.0 Å². The average Bonchev–Trinajstić information content (AvgIpc) is 2.57. The Labute approximate surface area is 136 Å². The normalized spacial score (nSPS) is 16.6. The summed E-state index contributed by atoms with van der Waals surface area (Å²) in [5.41, 5.74) is 1.27. The summed E-state index contributed by atoms with van der Waals surface area (Å²) in [4.78, 5) is 17.4. The van der Waals surface area contributed by atoms with Crippen LogP contribution in [0.3, 0.4) is 0 Å². The molecule has 1 aliphatic heterocycles. The van der Waals surface area contributed by atoms with E-state index in [-0.39, 0.29) is 0 Å². The molecule has 3 heterocycles. The lowest BCUT2D eigenvalue weighted by Gasteiger charge is -2.36. The van der Waals surface area contributed by atoms with E-state index >= 15 is 0 Å². The molecule has 0 aromatic carbocycles. The van der Waals surface area contributed by atoms with Gasteiger partial charge in [-0.25, -0.2) is 9.97 Å². The van der Waals surface area contributed by atoms with Crippen LogP contribution in [0.1, 0.15) is 18.4 Å². The first kappa shape index (κ1) is 15.2. The van der Waals surface area contributed by atoms with Crippen LogP contribution in [0.15, 0.2) is 36.9 Å². The van der Waals surface area contributed by atoms with Crippen molar-refractivity contribution in [3.8, 4) is 0 Å². The molecule has 0 unspecified atom stereocenters. The Morgan fingerprint density at radius 1 is 1.23 bits per heavy atom. The van der Waals surface area contributed by atoms with Gasteiger partial charge in [-0.15, -0.1) is 0 Å². The van der Waals surface area contributed by atoms with Gasteiger partial charge in [-0.05, 0) is 24.5 Å². The second-order valence-corrected chi connectivity index (χ2v) is 6.12. The third-order valence-corrected chi connectivity index (χ3v) is 4.35. The number of rotatable bonds is 4. The molecular formula is C16H20ClN5. The summed E-state index contributed by atoms with van der Waals surface area (Å²) in [7, 11) is 2.06. The van der Waals surface area contributed by atoms with Crippen molar-refractivity contribution in [3.63, 3.8) is 0 Å². The number of hydrogen-bond donors (Lipinski definition) is 0. The molecule has 1 saturated heterocycles. The minimum absolute atomic E-state index is 0.478. The highest BCUT2D eigenvalue weighted by Crippen LogP contribution is 2.20. The molecule has 0 saturated carbocycles. The number of piperidine rings is 1. The maximum Gasteiger partial charge on any atom is 0.225 e. The van der Waals surface area contributed by atoms with Crippen LogP contribution in [0.25, 0.3) is 0 Å². The van der Waals surface area contributed by atoms with Crippen molar-refractivity contribution < 1.29 is 0 Å². The standard InChI is InChI=1S/C16H20ClN5/c1-21(16-19-10-14(17)11-20-16)15-4-7-22(8-5-15)12-13-3-2-6-18-9-13/h2-3,6,9-11,15H,4-5,7-8,12H2,1H3. The van der Waals surface area contributed by atoms with Gasteiger partial charge in [-0.2, -0.15) is 0 Å². The zero-order valence-electron chi connectivity index (χ0n) is 12.7. The number of halogens is 1. The van der Waals surface area contributed by atoms with Crippen LogP contribution in [-0.2, 0) is 6.54 Å². The predicted octanol–water partition coefficient (Wildman–Crippen LogP) is 2.63. The van der Waals surface area contributed by atoms with Crippen molar-refractivity contribution in [3.05, 3.63) is 47.5 Å². The van der Waals surface area contributed by atoms with E-state index in [4.69, 9.17) is 11.6 Å². The van der Waals surface area contributed by atoms with Gasteiger partial charge in [-0.3, -0.25) is 9.88 Å². The molecule has 1 fully saturated rings. The highest BCUT2D eigenvalue weighted by atomic mass is 35.5. The molecule has 116 valence electrons. The van der Waals surface area contributed by atoms with Gasteiger partial charge in [0.1, 0.15) is 0 Å². The van der Waals surface area contributed by atoms with Gasteiger partial charge >= 0.3 is 0 Å². The van der Waals surface area contributed by atoms with Gasteiger partial charge < -0.3 is 4.90 Å². The summed E-state index contributed by atoms with van der Waals surface area (Å²) in [6.45, 7) is 3.14. The largest absolute Gasteiger partial charge is 0.341 e. The van der Waals surface area contributed by atoms with Crippen LogP contribution < -0.4 is 4.90 Å². The van der Waals surface area contributed by atoms with Gasteiger partial charge in [0.25, 0.3) is 0 Å². The van der Waals surface area contributed by atoms with Gasteiger partial charge in [-0.1, -0.05) is 17.7 Å². The van der Waals surface area contributed by atoms with Crippen LogP contribution >= 0.6 is 11.6 Å². The van der Waals surface area contributed by atoms with Crippen LogP contribution in [0.4, 0.5) is 5.95 Å². The molecule has 6 heteroatoms. The second kappa shape index (κ2) is 7.03. The van der Waals surface area contributed by atoms with Crippen LogP contribution in [0, 0.1) is 0 Å². The molecule has 2 aromatic heterocycles. The first-order valence-corrected chi connectivity index (χ1v) is 7.92. The molecule has 22 heavy (non-hydrogen) atoms. The van der Waals surface area contributed by atoms with Crippen molar-refractivity contribution in [1.29, 1.82) is 0 Å². The number of pyridine rings is 1.